The van der Waals surface area contributed by atoms with Crippen LogP contribution in [0.5, 0.6) is 0 Å². The van der Waals surface area contributed by atoms with Gasteiger partial charge in [0.1, 0.15) is 0 Å². The monoisotopic (exact) mass is 364 g/mol. The maximum absolute atomic E-state index is 13.4. The minimum absolute atomic E-state index is 0.00334. The number of nitrogens with zero attached hydrogens (tertiary/aromatic N) is 1. The van der Waals surface area contributed by atoms with Crippen LogP contribution in [0.4, 0.5) is 5.69 Å². The molecule has 2 aromatic carbocycles. The molecule has 3 rings (SSSR count). The molecule has 4 heteroatoms. The van der Waals surface area contributed by atoms with Crippen molar-refractivity contribution >= 4 is 17.5 Å². The van der Waals surface area contributed by atoms with Crippen molar-refractivity contribution in [1.29, 1.82) is 0 Å². The van der Waals surface area contributed by atoms with Crippen LogP contribution in [0.1, 0.15) is 38.3 Å². The predicted molar refractivity (Wildman–Crippen MR) is 109 cm³/mol. The van der Waals surface area contributed by atoms with Crippen LogP contribution in [-0.4, -0.2) is 25.4 Å². The van der Waals surface area contributed by atoms with Crippen LogP contribution in [0, 0.1) is 5.41 Å². The van der Waals surface area contributed by atoms with Gasteiger partial charge >= 0.3 is 0 Å². The van der Waals surface area contributed by atoms with Gasteiger partial charge < -0.3 is 10.2 Å². The summed E-state index contributed by atoms with van der Waals surface area (Å²) in [6.45, 7) is 6.82. The lowest BCUT2D eigenvalue weighted by Gasteiger charge is -2.29. The lowest BCUT2D eigenvalue weighted by Crippen LogP contribution is -2.45. The fourth-order valence-corrected chi connectivity index (χ4v) is 3.77. The third kappa shape index (κ3) is 3.90. The van der Waals surface area contributed by atoms with E-state index in [-0.39, 0.29) is 23.7 Å². The van der Waals surface area contributed by atoms with E-state index in [9.17, 15) is 9.59 Å². The number of anilines is 1. The number of nitrogens with one attached hydrogen (secondary N) is 1. The number of likely N-dealkylation sites (N-methyl/N-ethyl adjacent to an activating group) is 1. The number of hydrogen-bond donors (Lipinski definition) is 1. The minimum Gasteiger partial charge on any atom is -0.356 e. The Balaban J connectivity index is 1.98. The molecular weight excluding hydrogens is 336 g/mol. The zero-order chi connectivity index (χ0) is 19.7. The Bertz CT molecular complexity index is 839. The smallest absolute Gasteiger partial charge is 0.238 e. The maximum Gasteiger partial charge on any atom is 0.238 e. The van der Waals surface area contributed by atoms with E-state index >= 15 is 0 Å². The number of benzene rings is 2. The Morgan fingerprint density at radius 2 is 1.67 bits per heavy atom. The van der Waals surface area contributed by atoms with Crippen LogP contribution < -0.4 is 10.2 Å². The summed E-state index contributed by atoms with van der Waals surface area (Å²) in [4.78, 5) is 27.9. The van der Waals surface area contributed by atoms with Gasteiger partial charge in [0.25, 0.3) is 0 Å². The molecule has 1 N–H and O–H groups in total. The lowest BCUT2D eigenvalue weighted by atomic mass is 9.73. The first-order valence-electron chi connectivity index (χ1n) is 9.41. The van der Waals surface area contributed by atoms with Gasteiger partial charge in [0, 0.05) is 25.7 Å². The number of carbonyl (C=O) groups excluding carboxylic acids is 2. The standard InChI is InChI=1S/C23H28N2O2/c1-22(2,3)16-24-20(26)15-23(14-17-10-6-5-7-11-17)18-12-8-9-13-19(18)25(4)21(23)27/h5-13H,14-16H2,1-4H3,(H,24,26)/t23-/m1/s1. The quantitative estimate of drug-likeness (QED) is 0.879. The highest BCUT2D eigenvalue weighted by Gasteiger charge is 2.50. The fourth-order valence-electron chi connectivity index (χ4n) is 3.77. The SMILES string of the molecule is CN1C(=O)[C@@](CC(=O)NCC(C)(C)C)(Cc2ccccc2)c2ccccc21. The van der Waals surface area contributed by atoms with Gasteiger partial charge in [0.2, 0.25) is 11.8 Å². The second-order valence-corrected chi connectivity index (χ2v) is 8.64. The summed E-state index contributed by atoms with van der Waals surface area (Å²) >= 11 is 0. The van der Waals surface area contributed by atoms with Crippen molar-refractivity contribution in [2.75, 3.05) is 18.5 Å². The molecule has 0 radical (unpaired) electrons. The highest BCUT2D eigenvalue weighted by molar-refractivity contribution is 6.09. The topological polar surface area (TPSA) is 49.4 Å². The van der Waals surface area contributed by atoms with Crippen LogP contribution in [0.2, 0.25) is 0 Å². The van der Waals surface area contributed by atoms with E-state index in [0.29, 0.717) is 13.0 Å². The van der Waals surface area contributed by atoms with Crippen LogP contribution in [0.25, 0.3) is 0 Å². The van der Waals surface area contributed by atoms with E-state index in [4.69, 9.17) is 0 Å². The van der Waals surface area contributed by atoms with Crippen molar-refractivity contribution in [3.05, 3.63) is 65.7 Å². The van der Waals surface area contributed by atoms with Gasteiger partial charge in [0.15, 0.2) is 0 Å². The van der Waals surface area contributed by atoms with E-state index in [1.807, 2.05) is 54.6 Å². The summed E-state index contributed by atoms with van der Waals surface area (Å²) in [6.07, 6.45) is 0.662. The van der Waals surface area contributed by atoms with Gasteiger partial charge in [-0.1, -0.05) is 69.3 Å². The molecular formula is C23H28N2O2. The molecule has 0 unspecified atom stereocenters. The molecule has 27 heavy (non-hydrogen) atoms. The number of fused-ring (bicyclic) bond motifs is 1. The number of rotatable bonds is 5. The van der Waals surface area contributed by atoms with Gasteiger partial charge in [-0.25, -0.2) is 0 Å². The van der Waals surface area contributed by atoms with Gasteiger partial charge in [0.05, 0.1) is 5.41 Å². The molecule has 0 saturated heterocycles. The summed E-state index contributed by atoms with van der Waals surface area (Å²) in [5.41, 5.74) is 2.01. The number of amides is 2. The third-order valence-corrected chi connectivity index (χ3v) is 5.12. The van der Waals surface area contributed by atoms with Gasteiger partial charge in [-0.3, -0.25) is 9.59 Å². The summed E-state index contributed by atoms with van der Waals surface area (Å²) in [5.74, 6) is -0.0993. The lowest BCUT2D eigenvalue weighted by molar-refractivity contribution is -0.129. The van der Waals surface area contributed by atoms with E-state index in [2.05, 4.69) is 26.1 Å². The Hall–Kier alpha value is -2.62. The summed E-state index contributed by atoms with van der Waals surface area (Å²) in [7, 11) is 1.79. The van der Waals surface area contributed by atoms with Crippen molar-refractivity contribution in [1.82, 2.24) is 5.32 Å². The second-order valence-electron chi connectivity index (χ2n) is 8.64. The van der Waals surface area contributed by atoms with Gasteiger partial charge in [-0.05, 0) is 29.0 Å². The first kappa shape index (κ1) is 19.2. The van der Waals surface area contributed by atoms with Crippen molar-refractivity contribution in [3.8, 4) is 0 Å². The first-order valence-corrected chi connectivity index (χ1v) is 9.41. The van der Waals surface area contributed by atoms with Gasteiger partial charge in [-0.2, -0.15) is 0 Å². The van der Waals surface area contributed by atoms with Gasteiger partial charge in [-0.15, -0.1) is 0 Å². The van der Waals surface area contributed by atoms with Crippen LogP contribution in [0.15, 0.2) is 54.6 Å². The molecule has 1 heterocycles. The van der Waals surface area contributed by atoms with Crippen molar-refractivity contribution in [3.63, 3.8) is 0 Å². The molecule has 0 spiro atoms. The second kappa shape index (κ2) is 7.18. The Labute approximate surface area is 161 Å². The van der Waals surface area contributed by atoms with E-state index in [1.165, 1.54) is 0 Å². The maximum atomic E-state index is 13.4. The van der Waals surface area contributed by atoms with Crippen molar-refractivity contribution in [2.45, 2.75) is 39.0 Å². The number of para-hydroxylation sites is 1. The molecule has 0 aromatic heterocycles. The molecule has 0 fully saturated rings. The Kier molecular flexibility index (Phi) is 5.09. The average molecular weight is 364 g/mol. The van der Waals surface area contributed by atoms with Crippen molar-refractivity contribution < 1.29 is 9.59 Å². The molecule has 4 nitrogen and oxygen atoms in total. The first-order chi connectivity index (χ1) is 12.7. The molecule has 0 bridgehead atoms. The number of carbonyl (C=O) groups is 2. The van der Waals surface area contributed by atoms with Crippen LogP contribution in [-0.2, 0) is 21.4 Å². The molecule has 1 atom stereocenters. The largest absolute Gasteiger partial charge is 0.356 e. The minimum atomic E-state index is -0.866. The van der Waals surface area contributed by atoms with E-state index in [1.54, 1.807) is 11.9 Å². The third-order valence-electron chi connectivity index (χ3n) is 5.12. The zero-order valence-corrected chi connectivity index (χ0v) is 16.6. The normalized spacial score (nSPS) is 19.1. The molecule has 142 valence electrons. The van der Waals surface area contributed by atoms with Crippen molar-refractivity contribution in [2.24, 2.45) is 5.41 Å². The summed E-state index contributed by atoms with van der Waals surface area (Å²) < 4.78 is 0. The van der Waals surface area contributed by atoms with E-state index < -0.39 is 5.41 Å². The molecule has 1 aliphatic heterocycles. The Morgan fingerprint density at radius 3 is 2.33 bits per heavy atom. The molecule has 0 aliphatic carbocycles. The average Bonchev–Trinajstić information content (AvgIpc) is 2.83. The molecule has 1 aliphatic rings. The summed E-state index contributed by atoms with van der Waals surface area (Å²) in [6, 6.07) is 17.7. The highest BCUT2D eigenvalue weighted by Crippen LogP contribution is 2.45. The zero-order valence-electron chi connectivity index (χ0n) is 16.6. The molecule has 0 saturated carbocycles. The highest BCUT2D eigenvalue weighted by atomic mass is 16.2. The van der Waals surface area contributed by atoms with Crippen LogP contribution in [0.3, 0.4) is 0 Å². The predicted octanol–water partition coefficient (Wildman–Crippen LogP) is 3.70. The Morgan fingerprint density at radius 1 is 1.04 bits per heavy atom. The molecule has 2 aromatic rings. The fraction of sp³-hybridized carbons (Fsp3) is 0.391. The number of hydrogen-bond acceptors (Lipinski definition) is 2. The van der Waals surface area contributed by atoms with E-state index in [0.717, 1.165) is 16.8 Å². The molecule has 2 amide bonds. The summed E-state index contributed by atoms with van der Waals surface area (Å²) in [5, 5.41) is 3.02. The van der Waals surface area contributed by atoms with Crippen LogP contribution >= 0.6 is 0 Å².